The predicted molar refractivity (Wildman–Crippen MR) is 62.8 cm³/mol. The average Bonchev–Trinajstić information content (AvgIpc) is 2.77. The maximum atomic E-state index is 12.0. The molecular weight excluding hydrogens is 232 g/mol. The van der Waals surface area contributed by atoms with E-state index < -0.39 is 11.7 Å². The van der Waals surface area contributed by atoms with Crippen LogP contribution in [0, 0.1) is 0 Å². The molecule has 1 fully saturated rings. The number of hydrogen-bond donors (Lipinski definition) is 2. The number of ether oxygens (including phenoxy) is 1. The molecule has 4 heteroatoms. The molecule has 94 valence electrons. The number of aromatic hydroxyl groups is 1. The van der Waals surface area contributed by atoms with Crippen LogP contribution < -0.4 is 4.74 Å². The Bertz CT molecular complexity index is 565. The molecule has 2 N–H and O–H groups in total. The van der Waals surface area contributed by atoms with Crippen LogP contribution in [0.2, 0.25) is 0 Å². The number of carbonyl (C=O) groups excluding carboxylic acids is 1. The van der Waals surface area contributed by atoms with Crippen molar-refractivity contribution in [2.75, 3.05) is 0 Å². The van der Waals surface area contributed by atoms with E-state index in [2.05, 4.69) is 0 Å². The fourth-order valence-corrected chi connectivity index (χ4v) is 3.73. The minimum atomic E-state index is -0.843. The third-order valence-corrected chi connectivity index (χ3v) is 4.65. The Hall–Kier alpha value is -1.55. The zero-order chi connectivity index (χ0) is 12.5. The van der Waals surface area contributed by atoms with Crippen molar-refractivity contribution in [3.8, 4) is 11.5 Å². The minimum absolute atomic E-state index is 0.0353. The standard InChI is InChI=1S/C14H14O4/c15-8-2-1-7-3-5-14(17)6-4-9(16)13-11(14)10(7)12(8)18-13/h1-2,11,13,15,17H,3-6H2/t11?,13-,14-/m0/s1. The summed E-state index contributed by atoms with van der Waals surface area (Å²) in [6, 6.07) is 3.49. The summed E-state index contributed by atoms with van der Waals surface area (Å²) < 4.78 is 5.65. The number of carbonyl (C=O) groups is 1. The van der Waals surface area contributed by atoms with Crippen LogP contribution in [0.4, 0.5) is 0 Å². The lowest BCUT2D eigenvalue weighted by atomic mass is 9.64. The number of hydrogen-bond acceptors (Lipinski definition) is 4. The maximum Gasteiger partial charge on any atom is 0.174 e. The fourth-order valence-electron chi connectivity index (χ4n) is 3.73. The normalized spacial score (nSPS) is 36.2. The van der Waals surface area contributed by atoms with E-state index >= 15 is 0 Å². The summed E-state index contributed by atoms with van der Waals surface area (Å²) in [6.45, 7) is 0. The fraction of sp³-hybridized carbons (Fsp3) is 0.500. The molecule has 4 rings (SSSR count). The Balaban J connectivity index is 1.98. The van der Waals surface area contributed by atoms with E-state index in [9.17, 15) is 15.0 Å². The molecular formula is C14H14O4. The van der Waals surface area contributed by atoms with Crippen molar-refractivity contribution in [2.45, 2.75) is 43.3 Å². The van der Waals surface area contributed by atoms with Crippen LogP contribution in [0.3, 0.4) is 0 Å². The van der Waals surface area contributed by atoms with E-state index in [1.807, 2.05) is 6.07 Å². The molecule has 0 radical (unpaired) electrons. The highest BCUT2D eigenvalue weighted by molar-refractivity contribution is 5.88. The first kappa shape index (κ1) is 10.4. The molecule has 0 saturated heterocycles. The topological polar surface area (TPSA) is 66.8 Å². The van der Waals surface area contributed by atoms with Crippen LogP contribution in [0.25, 0.3) is 0 Å². The number of ketones is 1. The highest BCUT2D eigenvalue weighted by atomic mass is 16.5. The van der Waals surface area contributed by atoms with Gasteiger partial charge in [-0.3, -0.25) is 4.79 Å². The summed E-state index contributed by atoms with van der Waals surface area (Å²) in [4.78, 5) is 12.0. The summed E-state index contributed by atoms with van der Waals surface area (Å²) in [5.41, 5.74) is 1.11. The van der Waals surface area contributed by atoms with Crippen LogP contribution in [-0.4, -0.2) is 27.7 Å². The molecule has 1 saturated carbocycles. The van der Waals surface area contributed by atoms with Crippen LogP contribution in [-0.2, 0) is 11.2 Å². The van der Waals surface area contributed by atoms with Crippen LogP contribution in [0.15, 0.2) is 12.1 Å². The summed E-state index contributed by atoms with van der Waals surface area (Å²) in [5, 5.41) is 20.6. The van der Waals surface area contributed by atoms with E-state index in [0.717, 1.165) is 17.5 Å². The molecule has 2 aliphatic carbocycles. The van der Waals surface area contributed by atoms with Gasteiger partial charge in [0.2, 0.25) is 0 Å². The van der Waals surface area contributed by atoms with Crippen LogP contribution >= 0.6 is 0 Å². The number of aliphatic hydroxyl groups is 1. The van der Waals surface area contributed by atoms with Crippen molar-refractivity contribution in [1.29, 1.82) is 0 Å². The van der Waals surface area contributed by atoms with Crippen LogP contribution in [0.5, 0.6) is 11.5 Å². The van der Waals surface area contributed by atoms with Gasteiger partial charge in [0.1, 0.15) is 0 Å². The first-order chi connectivity index (χ1) is 8.60. The maximum absolute atomic E-state index is 12.0. The second kappa shape index (κ2) is 3.06. The average molecular weight is 246 g/mol. The predicted octanol–water partition coefficient (Wildman–Crippen LogP) is 1.28. The first-order valence-corrected chi connectivity index (χ1v) is 6.37. The van der Waals surface area contributed by atoms with Crippen molar-refractivity contribution in [3.05, 3.63) is 23.3 Å². The van der Waals surface area contributed by atoms with Crippen molar-refractivity contribution in [1.82, 2.24) is 0 Å². The molecule has 18 heavy (non-hydrogen) atoms. The van der Waals surface area contributed by atoms with Gasteiger partial charge in [-0.25, -0.2) is 0 Å². The first-order valence-electron chi connectivity index (χ1n) is 6.37. The molecule has 0 spiro atoms. The molecule has 1 aromatic rings. The van der Waals surface area contributed by atoms with E-state index in [0.29, 0.717) is 25.0 Å². The quantitative estimate of drug-likeness (QED) is 0.723. The van der Waals surface area contributed by atoms with Crippen molar-refractivity contribution < 1.29 is 19.7 Å². The Kier molecular flexibility index (Phi) is 1.77. The largest absolute Gasteiger partial charge is 0.504 e. The molecule has 3 atom stereocenters. The Morgan fingerprint density at radius 1 is 1.28 bits per heavy atom. The third kappa shape index (κ3) is 1.07. The van der Waals surface area contributed by atoms with Crippen LogP contribution in [0.1, 0.15) is 36.3 Å². The van der Waals surface area contributed by atoms with Gasteiger partial charge >= 0.3 is 0 Å². The second-order valence-electron chi connectivity index (χ2n) is 5.57. The molecule has 3 aliphatic rings. The molecule has 0 amide bonds. The zero-order valence-electron chi connectivity index (χ0n) is 9.85. The summed E-state index contributed by atoms with van der Waals surface area (Å²) in [6.07, 6.45) is 1.71. The molecule has 1 unspecified atom stereocenters. The van der Waals surface area contributed by atoms with Crippen molar-refractivity contribution in [2.24, 2.45) is 0 Å². The second-order valence-corrected chi connectivity index (χ2v) is 5.57. The summed E-state index contributed by atoms with van der Waals surface area (Å²) in [7, 11) is 0. The lowest BCUT2D eigenvalue weighted by Crippen LogP contribution is -2.51. The molecule has 1 aromatic carbocycles. The van der Waals surface area contributed by atoms with Gasteiger partial charge in [0.25, 0.3) is 0 Å². The number of aryl methyl sites for hydroxylation is 1. The number of phenolic OH excluding ortho intramolecular Hbond substituents is 1. The van der Waals surface area contributed by atoms with Gasteiger partial charge in [-0.1, -0.05) is 6.07 Å². The SMILES string of the molecule is O=C1CC[C@@]2(O)CCc3ccc(O)c4c3C2[C@H]1O4. The molecule has 0 aromatic heterocycles. The van der Waals surface area contributed by atoms with E-state index in [1.165, 1.54) is 0 Å². The number of Topliss-reactive ketones (excluding diaryl/α,β-unsaturated/α-hetero) is 1. The summed E-state index contributed by atoms with van der Waals surface area (Å²) >= 11 is 0. The molecule has 0 bridgehead atoms. The Labute approximate surface area is 104 Å². The number of phenols is 1. The molecule has 1 heterocycles. The van der Waals surface area contributed by atoms with Gasteiger partial charge in [0.05, 0.1) is 11.5 Å². The number of benzene rings is 1. The van der Waals surface area contributed by atoms with E-state index in [4.69, 9.17) is 4.74 Å². The lowest BCUT2D eigenvalue weighted by Gasteiger charge is -2.43. The lowest BCUT2D eigenvalue weighted by molar-refractivity contribution is -0.138. The smallest absolute Gasteiger partial charge is 0.174 e. The van der Waals surface area contributed by atoms with Crippen molar-refractivity contribution in [3.63, 3.8) is 0 Å². The van der Waals surface area contributed by atoms with Crippen molar-refractivity contribution >= 4 is 5.78 Å². The highest BCUT2D eigenvalue weighted by Crippen LogP contribution is 2.57. The zero-order valence-corrected chi connectivity index (χ0v) is 9.85. The molecule has 1 aliphatic heterocycles. The van der Waals surface area contributed by atoms with Gasteiger partial charge < -0.3 is 14.9 Å². The minimum Gasteiger partial charge on any atom is -0.504 e. The van der Waals surface area contributed by atoms with E-state index in [1.54, 1.807) is 6.07 Å². The van der Waals surface area contributed by atoms with Gasteiger partial charge in [-0.15, -0.1) is 0 Å². The monoisotopic (exact) mass is 246 g/mol. The Morgan fingerprint density at radius 3 is 2.89 bits per heavy atom. The Morgan fingerprint density at radius 2 is 2.06 bits per heavy atom. The van der Waals surface area contributed by atoms with Gasteiger partial charge in [0.15, 0.2) is 23.4 Å². The third-order valence-electron chi connectivity index (χ3n) is 4.65. The number of rotatable bonds is 0. The highest BCUT2D eigenvalue weighted by Gasteiger charge is 2.57. The van der Waals surface area contributed by atoms with Gasteiger partial charge in [0, 0.05) is 12.0 Å². The molecule has 4 nitrogen and oxygen atoms in total. The van der Waals surface area contributed by atoms with Gasteiger partial charge in [-0.05, 0) is 30.9 Å². The summed E-state index contributed by atoms with van der Waals surface area (Å²) in [5.74, 6) is 0.230. The van der Waals surface area contributed by atoms with E-state index in [-0.39, 0.29) is 17.5 Å². The van der Waals surface area contributed by atoms with Gasteiger partial charge in [-0.2, -0.15) is 0 Å².